The van der Waals surface area contributed by atoms with E-state index in [1.807, 2.05) is 24.3 Å². The monoisotopic (exact) mass is 304 g/mol. The molecule has 0 unspecified atom stereocenters. The summed E-state index contributed by atoms with van der Waals surface area (Å²) in [4.78, 5) is 0. The van der Waals surface area contributed by atoms with Crippen LogP contribution in [0.25, 0.3) is 11.1 Å². The van der Waals surface area contributed by atoms with Gasteiger partial charge in [0.05, 0.1) is 0 Å². The van der Waals surface area contributed by atoms with Crippen LogP contribution in [0.1, 0.15) is 30.9 Å². The molecule has 0 atom stereocenters. The third-order valence-electron chi connectivity index (χ3n) is 3.19. The lowest BCUT2D eigenvalue weighted by atomic mass is 9.96. The number of rotatable bonds is 3. The second kappa shape index (κ2) is 6.15. The molecule has 0 saturated heterocycles. The van der Waals surface area contributed by atoms with Crippen LogP contribution in [0.15, 0.2) is 42.5 Å². The molecule has 0 aliphatic rings. The average molecular weight is 304 g/mol. The third kappa shape index (κ3) is 4.05. The van der Waals surface area contributed by atoms with Gasteiger partial charge < -0.3 is 4.74 Å². The standard InChI is InChI=1S/C18H15F3O/c1-4-13-8-16(11-17(9-13)22-18(19,20)21)15-7-5-6-14(10-15)12(2)3/h1,5-12H,2-3H3. The number of ether oxygens (including phenoxy) is 1. The van der Waals surface area contributed by atoms with Crippen molar-refractivity contribution in [3.8, 4) is 29.2 Å². The Hall–Kier alpha value is -2.41. The maximum atomic E-state index is 12.4. The minimum Gasteiger partial charge on any atom is -0.406 e. The van der Waals surface area contributed by atoms with Crippen LogP contribution >= 0.6 is 0 Å². The van der Waals surface area contributed by atoms with E-state index in [1.165, 1.54) is 12.1 Å². The van der Waals surface area contributed by atoms with Crippen molar-refractivity contribution in [3.05, 3.63) is 53.6 Å². The van der Waals surface area contributed by atoms with Crippen LogP contribution in [-0.4, -0.2) is 6.36 Å². The lowest BCUT2D eigenvalue weighted by molar-refractivity contribution is -0.274. The molecule has 0 spiro atoms. The minimum absolute atomic E-state index is 0.312. The summed E-state index contributed by atoms with van der Waals surface area (Å²) in [7, 11) is 0. The van der Waals surface area contributed by atoms with Gasteiger partial charge in [-0.05, 0) is 40.8 Å². The van der Waals surface area contributed by atoms with E-state index in [-0.39, 0.29) is 5.75 Å². The Balaban J connectivity index is 2.49. The van der Waals surface area contributed by atoms with E-state index in [1.54, 1.807) is 6.07 Å². The number of alkyl halides is 3. The highest BCUT2D eigenvalue weighted by atomic mass is 19.4. The molecule has 1 nitrogen and oxygen atoms in total. The van der Waals surface area contributed by atoms with Crippen molar-refractivity contribution in [2.24, 2.45) is 0 Å². The zero-order valence-corrected chi connectivity index (χ0v) is 12.2. The van der Waals surface area contributed by atoms with Gasteiger partial charge in [-0.15, -0.1) is 19.6 Å². The lowest BCUT2D eigenvalue weighted by Gasteiger charge is -2.12. The van der Waals surface area contributed by atoms with Crippen molar-refractivity contribution >= 4 is 0 Å². The molecular formula is C18H15F3O. The van der Waals surface area contributed by atoms with E-state index in [2.05, 4.69) is 24.5 Å². The van der Waals surface area contributed by atoms with Crippen LogP contribution in [-0.2, 0) is 0 Å². The molecule has 2 aromatic carbocycles. The molecule has 0 aliphatic heterocycles. The maximum absolute atomic E-state index is 12.4. The second-order valence-electron chi connectivity index (χ2n) is 5.22. The first kappa shape index (κ1) is 16.0. The van der Waals surface area contributed by atoms with Crippen LogP contribution in [0.2, 0.25) is 0 Å². The summed E-state index contributed by atoms with van der Waals surface area (Å²) in [6.07, 6.45) is 0.575. The predicted octanol–water partition coefficient (Wildman–Crippen LogP) is 5.36. The van der Waals surface area contributed by atoms with E-state index in [0.29, 0.717) is 17.0 Å². The Morgan fingerprint density at radius 3 is 2.36 bits per heavy atom. The Labute approximate surface area is 127 Å². The predicted molar refractivity (Wildman–Crippen MR) is 80.6 cm³/mol. The zero-order valence-electron chi connectivity index (χ0n) is 12.2. The van der Waals surface area contributed by atoms with Crippen molar-refractivity contribution in [2.75, 3.05) is 0 Å². The van der Waals surface area contributed by atoms with Gasteiger partial charge in [-0.3, -0.25) is 0 Å². The van der Waals surface area contributed by atoms with Crippen molar-refractivity contribution < 1.29 is 17.9 Å². The molecule has 2 rings (SSSR count). The van der Waals surface area contributed by atoms with Gasteiger partial charge in [-0.1, -0.05) is 44.0 Å². The number of hydrogen-bond acceptors (Lipinski definition) is 1. The molecule has 0 radical (unpaired) electrons. The number of terminal acetylenes is 1. The highest BCUT2D eigenvalue weighted by Crippen LogP contribution is 2.31. The number of hydrogen-bond donors (Lipinski definition) is 0. The molecule has 0 fully saturated rings. The Morgan fingerprint density at radius 1 is 1.05 bits per heavy atom. The first-order valence-electron chi connectivity index (χ1n) is 6.76. The largest absolute Gasteiger partial charge is 0.573 e. The molecule has 0 N–H and O–H groups in total. The summed E-state index contributed by atoms with van der Waals surface area (Å²) in [6.45, 7) is 4.10. The summed E-state index contributed by atoms with van der Waals surface area (Å²) in [5.74, 6) is 2.36. The first-order valence-corrected chi connectivity index (χ1v) is 6.76. The maximum Gasteiger partial charge on any atom is 0.573 e. The van der Waals surface area contributed by atoms with Gasteiger partial charge >= 0.3 is 6.36 Å². The van der Waals surface area contributed by atoms with Gasteiger partial charge in [0, 0.05) is 5.56 Å². The molecule has 0 saturated carbocycles. The van der Waals surface area contributed by atoms with Gasteiger partial charge in [0.15, 0.2) is 0 Å². The van der Waals surface area contributed by atoms with E-state index in [9.17, 15) is 13.2 Å². The summed E-state index contributed by atoms with van der Waals surface area (Å²) in [5, 5.41) is 0. The van der Waals surface area contributed by atoms with Crippen molar-refractivity contribution in [3.63, 3.8) is 0 Å². The van der Waals surface area contributed by atoms with Crippen LogP contribution < -0.4 is 4.74 Å². The van der Waals surface area contributed by atoms with Crippen molar-refractivity contribution in [1.82, 2.24) is 0 Å². The fraction of sp³-hybridized carbons (Fsp3) is 0.222. The van der Waals surface area contributed by atoms with Crippen LogP contribution in [0.4, 0.5) is 13.2 Å². The molecule has 22 heavy (non-hydrogen) atoms. The van der Waals surface area contributed by atoms with Crippen LogP contribution in [0.3, 0.4) is 0 Å². The fourth-order valence-corrected chi connectivity index (χ4v) is 2.12. The molecule has 4 heteroatoms. The Kier molecular flexibility index (Phi) is 4.46. The SMILES string of the molecule is C#Cc1cc(OC(F)(F)F)cc(-c2cccc(C(C)C)c2)c1. The molecule has 0 aliphatic carbocycles. The van der Waals surface area contributed by atoms with Gasteiger partial charge in [-0.2, -0.15) is 0 Å². The Morgan fingerprint density at radius 2 is 1.77 bits per heavy atom. The van der Waals surface area contributed by atoms with Gasteiger partial charge in [0.2, 0.25) is 0 Å². The second-order valence-corrected chi connectivity index (χ2v) is 5.22. The number of benzene rings is 2. The Bertz CT molecular complexity index is 709. The summed E-state index contributed by atoms with van der Waals surface area (Å²) in [5.41, 5.74) is 2.83. The topological polar surface area (TPSA) is 9.23 Å². The summed E-state index contributed by atoms with van der Waals surface area (Å²) < 4.78 is 41.2. The molecule has 0 bridgehead atoms. The minimum atomic E-state index is -4.75. The normalized spacial score (nSPS) is 11.3. The van der Waals surface area contributed by atoms with Crippen LogP contribution in [0.5, 0.6) is 5.75 Å². The smallest absolute Gasteiger partial charge is 0.406 e. The number of halogens is 3. The summed E-state index contributed by atoms with van der Waals surface area (Å²) >= 11 is 0. The zero-order chi connectivity index (χ0) is 16.3. The molecule has 0 amide bonds. The van der Waals surface area contributed by atoms with E-state index < -0.39 is 6.36 Å². The van der Waals surface area contributed by atoms with Gasteiger partial charge in [-0.25, -0.2) is 0 Å². The highest BCUT2D eigenvalue weighted by molar-refractivity contribution is 5.68. The van der Waals surface area contributed by atoms with E-state index >= 15 is 0 Å². The molecule has 0 aromatic heterocycles. The van der Waals surface area contributed by atoms with E-state index in [0.717, 1.165) is 11.1 Å². The van der Waals surface area contributed by atoms with Gasteiger partial charge in [0.25, 0.3) is 0 Å². The van der Waals surface area contributed by atoms with E-state index in [4.69, 9.17) is 6.42 Å². The lowest BCUT2D eigenvalue weighted by Crippen LogP contribution is -2.17. The molecule has 114 valence electrons. The highest BCUT2D eigenvalue weighted by Gasteiger charge is 2.31. The molecule has 0 heterocycles. The first-order chi connectivity index (χ1) is 10.3. The average Bonchev–Trinajstić information content (AvgIpc) is 2.45. The quantitative estimate of drug-likeness (QED) is 0.694. The van der Waals surface area contributed by atoms with Crippen molar-refractivity contribution in [2.45, 2.75) is 26.1 Å². The van der Waals surface area contributed by atoms with Gasteiger partial charge in [0.1, 0.15) is 5.75 Å². The summed E-state index contributed by atoms with van der Waals surface area (Å²) in [6, 6.07) is 11.8. The van der Waals surface area contributed by atoms with Crippen molar-refractivity contribution in [1.29, 1.82) is 0 Å². The molecular weight excluding hydrogens is 289 g/mol. The van der Waals surface area contributed by atoms with Crippen LogP contribution in [0, 0.1) is 12.3 Å². The molecule has 2 aromatic rings. The fourth-order valence-electron chi connectivity index (χ4n) is 2.12. The third-order valence-corrected chi connectivity index (χ3v) is 3.19.